The Labute approximate surface area is 244 Å². The van der Waals surface area contributed by atoms with Gasteiger partial charge in [-0.25, -0.2) is 9.79 Å². The molecule has 0 N–H and O–H groups in total. The molecule has 4 rings (SSSR count). The number of ether oxygens (including phenoxy) is 5. The van der Waals surface area contributed by atoms with Crippen LogP contribution >= 0.6 is 27.3 Å². The number of hydrogen-bond donors (Lipinski definition) is 0. The minimum atomic E-state index is -0.782. The average molecular weight is 632 g/mol. The lowest BCUT2D eigenvalue weighted by molar-refractivity contribution is -0.139. The van der Waals surface area contributed by atoms with Gasteiger partial charge in [-0.1, -0.05) is 17.4 Å². The van der Waals surface area contributed by atoms with Crippen LogP contribution in [0.2, 0.25) is 0 Å². The Morgan fingerprint density at radius 1 is 1.00 bits per heavy atom. The number of rotatable bonds is 10. The summed E-state index contributed by atoms with van der Waals surface area (Å²) in [5.41, 5.74) is 1.81. The lowest BCUT2D eigenvalue weighted by Gasteiger charge is -2.25. The number of thiazole rings is 1. The predicted molar refractivity (Wildman–Crippen MR) is 156 cm³/mol. The Kier molecular flexibility index (Phi) is 9.36. The average Bonchev–Trinajstić information content (AvgIpc) is 3.24. The van der Waals surface area contributed by atoms with Crippen molar-refractivity contribution in [1.82, 2.24) is 4.57 Å². The highest BCUT2D eigenvalue weighted by Gasteiger charge is 2.34. The van der Waals surface area contributed by atoms with Gasteiger partial charge in [0.05, 0.1) is 60.4 Å². The molecule has 9 nitrogen and oxygen atoms in total. The highest BCUT2D eigenvalue weighted by molar-refractivity contribution is 9.10. The van der Waals surface area contributed by atoms with E-state index in [0.29, 0.717) is 62.4 Å². The Morgan fingerprint density at radius 2 is 1.70 bits per heavy atom. The summed E-state index contributed by atoms with van der Waals surface area (Å²) >= 11 is 4.79. The van der Waals surface area contributed by atoms with Crippen LogP contribution in [0, 0.1) is 0 Å². The third-order valence-electron chi connectivity index (χ3n) is 6.19. The van der Waals surface area contributed by atoms with Crippen LogP contribution < -0.4 is 33.8 Å². The summed E-state index contributed by atoms with van der Waals surface area (Å²) in [5, 5.41) is 0. The first-order valence-corrected chi connectivity index (χ1v) is 14.4. The maximum absolute atomic E-state index is 14.0. The van der Waals surface area contributed by atoms with Gasteiger partial charge in [-0.3, -0.25) is 9.36 Å². The van der Waals surface area contributed by atoms with Crippen molar-refractivity contribution < 1.29 is 28.5 Å². The van der Waals surface area contributed by atoms with Crippen molar-refractivity contribution in [3.63, 3.8) is 0 Å². The molecular formula is C29H31BrN2O7S. The van der Waals surface area contributed by atoms with Gasteiger partial charge in [0.25, 0.3) is 5.56 Å². The fraction of sp³-hybridized carbons (Fsp3) is 0.345. The molecule has 0 saturated heterocycles. The van der Waals surface area contributed by atoms with Crippen LogP contribution in [0.5, 0.6) is 23.0 Å². The van der Waals surface area contributed by atoms with Gasteiger partial charge in [-0.05, 0) is 73.5 Å². The molecule has 0 fully saturated rings. The van der Waals surface area contributed by atoms with Crippen molar-refractivity contribution in [2.24, 2.45) is 4.99 Å². The van der Waals surface area contributed by atoms with Crippen molar-refractivity contribution >= 4 is 39.3 Å². The first kappa shape index (κ1) is 29.4. The lowest BCUT2D eigenvalue weighted by Crippen LogP contribution is -2.40. The summed E-state index contributed by atoms with van der Waals surface area (Å²) in [7, 11) is 3.08. The first-order valence-electron chi connectivity index (χ1n) is 12.8. The Hall–Kier alpha value is -3.57. The number of methoxy groups -OCH3 is 2. The maximum atomic E-state index is 14.0. The largest absolute Gasteiger partial charge is 0.493 e. The summed E-state index contributed by atoms with van der Waals surface area (Å²) in [6.07, 6.45) is 1.77. The van der Waals surface area contributed by atoms with Gasteiger partial charge in [0.2, 0.25) is 0 Å². The second-order valence-electron chi connectivity index (χ2n) is 8.60. The van der Waals surface area contributed by atoms with E-state index in [1.807, 2.05) is 19.9 Å². The van der Waals surface area contributed by atoms with Crippen molar-refractivity contribution in [2.75, 3.05) is 34.0 Å². The summed E-state index contributed by atoms with van der Waals surface area (Å²) in [4.78, 5) is 32.3. The molecule has 1 aliphatic rings. The van der Waals surface area contributed by atoms with Crippen LogP contribution in [0.3, 0.4) is 0 Å². The van der Waals surface area contributed by atoms with Gasteiger partial charge in [0.15, 0.2) is 16.3 Å². The van der Waals surface area contributed by atoms with E-state index in [0.717, 1.165) is 4.47 Å². The smallest absolute Gasteiger partial charge is 0.338 e. The highest BCUT2D eigenvalue weighted by Crippen LogP contribution is 2.36. The van der Waals surface area contributed by atoms with E-state index >= 15 is 0 Å². The van der Waals surface area contributed by atoms with Crippen molar-refractivity contribution in [2.45, 2.75) is 33.7 Å². The van der Waals surface area contributed by atoms with Crippen LogP contribution in [0.15, 0.2) is 55.9 Å². The molecule has 3 aromatic rings. The van der Waals surface area contributed by atoms with E-state index in [1.165, 1.54) is 23.0 Å². The molecule has 0 aliphatic carbocycles. The molecule has 0 saturated carbocycles. The quantitative estimate of drug-likeness (QED) is 0.307. The minimum Gasteiger partial charge on any atom is -0.493 e. The van der Waals surface area contributed by atoms with Gasteiger partial charge in [-0.2, -0.15) is 0 Å². The number of hydrogen-bond acceptors (Lipinski definition) is 9. The molecule has 1 aromatic heterocycles. The Morgan fingerprint density at radius 3 is 2.35 bits per heavy atom. The molecule has 0 bridgehead atoms. The van der Waals surface area contributed by atoms with Crippen molar-refractivity contribution in [3.05, 3.63) is 76.9 Å². The van der Waals surface area contributed by atoms with Crippen molar-refractivity contribution in [1.29, 1.82) is 0 Å². The Balaban J connectivity index is 1.96. The molecule has 0 amide bonds. The third-order valence-corrected chi connectivity index (χ3v) is 7.79. The van der Waals surface area contributed by atoms with Crippen LogP contribution in [-0.4, -0.2) is 44.6 Å². The molecule has 40 heavy (non-hydrogen) atoms. The van der Waals surface area contributed by atoms with Crippen LogP contribution in [0.4, 0.5) is 0 Å². The SMILES string of the molecule is CCOC(=O)C1=C(C)N=c2s/c(=C\c3cc(Br)c(OCC)cc3OCC)c(=O)n2[C@@H]1c1ccc(OC)c(OC)c1. The molecule has 212 valence electrons. The van der Waals surface area contributed by atoms with E-state index in [-0.39, 0.29) is 17.7 Å². The molecule has 0 unspecified atom stereocenters. The van der Waals surface area contributed by atoms with E-state index in [1.54, 1.807) is 51.3 Å². The highest BCUT2D eigenvalue weighted by atomic mass is 79.9. The van der Waals surface area contributed by atoms with Gasteiger partial charge in [-0.15, -0.1) is 0 Å². The third kappa shape index (κ3) is 5.66. The summed E-state index contributed by atoms with van der Waals surface area (Å²) in [5.74, 6) is 1.70. The Bertz CT molecular complexity index is 1640. The number of halogens is 1. The number of carbonyl (C=O) groups is 1. The molecule has 2 heterocycles. The number of allylic oxidation sites excluding steroid dienone is 1. The topological polar surface area (TPSA) is 97.6 Å². The van der Waals surface area contributed by atoms with Crippen LogP contribution in [0.25, 0.3) is 6.08 Å². The fourth-order valence-corrected chi connectivity index (χ4v) is 5.99. The summed E-state index contributed by atoms with van der Waals surface area (Å²) < 4.78 is 30.6. The lowest BCUT2D eigenvalue weighted by atomic mass is 9.95. The van der Waals surface area contributed by atoms with E-state index in [9.17, 15) is 9.59 Å². The zero-order valence-electron chi connectivity index (χ0n) is 23.2. The zero-order chi connectivity index (χ0) is 29.0. The van der Waals surface area contributed by atoms with Gasteiger partial charge >= 0.3 is 5.97 Å². The molecule has 0 radical (unpaired) electrons. The molecule has 2 aromatic carbocycles. The van der Waals surface area contributed by atoms with Crippen molar-refractivity contribution in [3.8, 4) is 23.0 Å². The van der Waals surface area contributed by atoms with Gasteiger partial charge in [0.1, 0.15) is 11.5 Å². The molecule has 1 aliphatic heterocycles. The van der Waals surface area contributed by atoms with Crippen LogP contribution in [-0.2, 0) is 9.53 Å². The summed E-state index contributed by atoms with van der Waals surface area (Å²) in [6.45, 7) is 8.40. The number of aromatic nitrogens is 1. The monoisotopic (exact) mass is 630 g/mol. The number of fused-ring (bicyclic) bond motifs is 1. The molecule has 1 atom stereocenters. The molecule has 11 heteroatoms. The standard InChI is InChI=1S/C29H31BrN2O7S/c1-7-37-21-15-22(38-8-2)19(30)12-18(21)14-24-27(33)32-26(17-10-11-20(35-5)23(13-17)36-6)25(28(34)39-9-3)16(4)31-29(32)40-24/h10-15,26H,7-9H2,1-6H3/b24-14-/t26-/m1/s1. The second kappa shape index (κ2) is 12.7. The van der Waals surface area contributed by atoms with E-state index < -0.39 is 12.0 Å². The van der Waals surface area contributed by atoms with Gasteiger partial charge < -0.3 is 23.7 Å². The molecule has 0 spiro atoms. The van der Waals surface area contributed by atoms with Crippen LogP contribution in [0.1, 0.15) is 44.9 Å². The number of carbonyl (C=O) groups excluding carboxylic acids is 1. The first-order chi connectivity index (χ1) is 19.3. The summed E-state index contributed by atoms with van der Waals surface area (Å²) in [6, 6.07) is 8.18. The number of esters is 1. The minimum absolute atomic E-state index is 0.186. The maximum Gasteiger partial charge on any atom is 0.338 e. The zero-order valence-corrected chi connectivity index (χ0v) is 25.6. The second-order valence-corrected chi connectivity index (χ2v) is 10.5. The fourth-order valence-electron chi connectivity index (χ4n) is 4.48. The molecular weight excluding hydrogens is 600 g/mol. The van der Waals surface area contributed by atoms with Gasteiger partial charge in [0, 0.05) is 11.6 Å². The number of nitrogens with zero attached hydrogens (tertiary/aromatic N) is 2. The normalized spacial score (nSPS) is 14.9. The number of benzene rings is 2. The van der Waals surface area contributed by atoms with E-state index in [2.05, 4.69) is 20.9 Å². The predicted octanol–water partition coefficient (Wildman–Crippen LogP) is 4.38. The van der Waals surface area contributed by atoms with E-state index in [4.69, 9.17) is 23.7 Å².